The molecular formula is C29H33Cl2N5O2S. The van der Waals surface area contributed by atoms with Crippen LogP contribution in [0.5, 0.6) is 0 Å². The van der Waals surface area contributed by atoms with E-state index in [1.807, 2.05) is 33.8 Å². The van der Waals surface area contributed by atoms with Gasteiger partial charge in [-0.05, 0) is 64.2 Å². The quantitative estimate of drug-likeness (QED) is 0.367. The molecule has 1 amide bonds. The van der Waals surface area contributed by atoms with E-state index in [0.717, 1.165) is 19.3 Å². The van der Waals surface area contributed by atoms with Crippen LogP contribution < -0.4 is 15.4 Å². The summed E-state index contributed by atoms with van der Waals surface area (Å²) in [6.45, 7) is 9.13. The molecule has 0 radical (unpaired) electrons. The van der Waals surface area contributed by atoms with Crippen LogP contribution in [0.15, 0.2) is 42.5 Å². The van der Waals surface area contributed by atoms with Crippen LogP contribution in [0.25, 0.3) is 11.3 Å². The molecule has 1 aromatic heterocycles. The van der Waals surface area contributed by atoms with Crippen molar-refractivity contribution in [2.45, 2.75) is 57.7 Å². The number of piperidine rings is 1. The monoisotopic (exact) mass is 585 g/mol. The second kappa shape index (κ2) is 10.6. The zero-order valence-electron chi connectivity index (χ0n) is 22.6. The molecule has 39 heavy (non-hydrogen) atoms. The Morgan fingerprint density at radius 1 is 1.13 bits per heavy atom. The highest BCUT2D eigenvalue weighted by Crippen LogP contribution is 2.53. The highest BCUT2D eigenvalue weighted by molar-refractivity contribution is 7.90. The number of anilines is 1. The number of rotatable bonds is 5. The van der Waals surface area contributed by atoms with Crippen molar-refractivity contribution in [1.29, 1.82) is 0 Å². The van der Waals surface area contributed by atoms with Gasteiger partial charge in [-0.25, -0.2) is 9.97 Å². The number of nitrogens with zero attached hydrogens (tertiary/aromatic N) is 3. The maximum atomic E-state index is 13.2. The van der Waals surface area contributed by atoms with E-state index in [1.165, 1.54) is 11.1 Å². The number of hydrogen-bond acceptors (Lipinski definition) is 6. The van der Waals surface area contributed by atoms with Crippen molar-refractivity contribution < 1.29 is 9.35 Å². The number of carbonyl (C=O) groups excluding carboxylic acids is 1. The second-order valence-electron chi connectivity index (χ2n) is 11.5. The van der Waals surface area contributed by atoms with E-state index in [-0.39, 0.29) is 21.9 Å². The van der Waals surface area contributed by atoms with Gasteiger partial charge in [0.05, 0.1) is 27.5 Å². The average Bonchev–Trinajstić information content (AvgIpc) is 3.18. The number of nitrogens with two attached hydrogens (primary N) is 1. The summed E-state index contributed by atoms with van der Waals surface area (Å²) < 4.78 is 16.3. The van der Waals surface area contributed by atoms with Gasteiger partial charge in [0.25, 0.3) is 5.91 Å². The number of aromatic nitrogens is 2. The van der Waals surface area contributed by atoms with Crippen molar-refractivity contribution >= 4 is 46.3 Å². The van der Waals surface area contributed by atoms with Crippen LogP contribution in [0.4, 0.5) is 5.82 Å². The molecule has 7 nitrogen and oxygen atoms in total. The topological polar surface area (TPSA) is 107 Å². The minimum absolute atomic E-state index is 0.0216. The Bertz CT molecular complexity index is 1420. The molecule has 3 N–H and O–H groups in total. The highest BCUT2D eigenvalue weighted by atomic mass is 35.5. The number of primary amides is 1. The summed E-state index contributed by atoms with van der Waals surface area (Å²) in [6.07, 6.45) is 2.58. The van der Waals surface area contributed by atoms with Crippen molar-refractivity contribution in [1.82, 2.24) is 14.7 Å². The Labute approximate surface area is 242 Å². The van der Waals surface area contributed by atoms with E-state index in [2.05, 4.69) is 32.8 Å². The molecule has 0 bridgehead atoms. The summed E-state index contributed by atoms with van der Waals surface area (Å²) in [5.41, 5.74) is 10.1. The van der Waals surface area contributed by atoms with Gasteiger partial charge in [0.1, 0.15) is 4.75 Å². The van der Waals surface area contributed by atoms with E-state index in [9.17, 15) is 9.35 Å². The molecule has 1 aliphatic heterocycles. The Balaban J connectivity index is 1.45. The predicted octanol–water partition coefficient (Wildman–Crippen LogP) is 5.79. The third-order valence-electron chi connectivity index (χ3n) is 7.85. The average molecular weight is 587 g/mol. The molecule has 2 aromatic carbocycles. The van der Waals surface area contributed by atoms with Crippen molar-refractivity contribution in [3.8, 4) is 11.3 Å². The fraction of sp³-hybridized carbons (Fsp3) is 0.414. The maximum absolute atomic E-state index is 13.2. The van der Waals surface area contributed by atoms with Gasteiger partial charge in [-0.1, -0.05) is 59.6 Å². The summed E-state index contributed by atoms with van der Waals surface area (Å²) >= 11 is 11.5. The minimum atomic E-state index is -1.21. The lowest BCUT2D eigenvalue weighted by atomic mass is 9.73. The molecule has 2 aliphatic rings. The van der Waals surface area contributed by atoms with E-state index in [0.29, 0.717) is 45.9 Å². The van der Waals surface area contributed by atoms with E-state index >= 15 is 0 Å². The summed E-state index contributed by atoms with van der Waals surface area (Å²) in [4.78, 5) is 24.1. The van der Waals surface area contributed by atoms with Crippen LogP contribution in [-0.2, 0) is 17.8 Å². The fourth-order valence-electron chi connectivity index (χ4n) is 5.72. The lowest BCUT2D eigenvalue weighted by molar-refractivity contribution is 0.0995. The van der Waals surface area contributed by atoms with Crippen molar-refractivity contribution in [2.24, 2.45) is 11.1 Å². The number of benzene rings is 2. The van der Waals surface area contributed by atoms with Crippen LogP contribution in [0.3, 0.4) is 0 Å². The maximum Gasteiger partial charge on any atom is 0.271 e. The minimum Gasteiger partial charge on any atom is -0.598 e. The number of nitrogens with one attached hydrogen (secondary N) is 1. The van der Waals surface area contributed by atoms with E-state index < -0.39 is 17.3 Å². The molecule has 3 aromatic rings. The third kappa shape index (κ3) is 5.25. The van der Waals surface area contributed by atoms with Crippen LogP contribution >= 0.6 is 23.2 Å². The lowest BCUT2D eigenvalue weighted by Crippen LogP contribution is -2.50. The molecule has 5 rings (SSSR count). The van der Waals surface area contributed by atoms with Gasteiger partial charge in [-0.3, -0.25) is 4.79 Å². The largest absolute Gasteiger partial charge is 0.598 e. The molecule has 206 valence electrons. The highest BCUT2D eigenvalue weighted by Gasteiger charge is 2.50. The molecule has 1 fully saturated rings. The zero-order valence-corrected chi connectivity index (χ0v) is 24.9. The van der Waals surface area contributed by atoms with Crippen molar-refractivity contribution in [2.75, 3.05) is 18.0 Å². The first-order valence-corrected chi connectivity index (χ1v) is 15.0. The van der Waals surface area contributed by atoms with Gasteiger partial charge in [0.15, 0.2) is 11.5 Å². The third-order valence-corrected chi connectivity index (χ3v) is 10.2. The number of fused-ring (bicyclic) bond motifs is 1. The van der Waals surface area contributed by atoms with Crippen LogP contribution in [0, 0.1) is 12.3 Å². The van der Waals surface area contributed by atoms with Crippen LogP contribution in [0.1, 0.15) is 67.0 Å². The fourth-order valence-corrected chi connectivity index (χ4v) is 7.06. The van der Waals surface area contributed by atoms with Crippen LogP contribution in [0.2, 0.25) is 10.0 Å². The Morgan fingerprint density at radius 2 is 1.82 bits per heavy atom. The Kier molecular flexibility index (Phi) is 7.63. The molecule has 2 atom stereocenters. The Morgan fingerprint density at radius 3 is 2.49 bits per heavy atom. The molecule has 1 aliphatic carbocycles. The Hall–Kier alpha value is -2.36. The summed E-state index contributed by atoms with van der Waals surface area (Å²) in [5, 5.41) is 0.751. The first-order valence-electron chi connectivity index (χ1n) is 13.0. The lowest BCUT2D eigenvalue weighted by Gasteiger charge is -2.44. The summed E-state index contributed by atoms with van der Waals surface area (Å²) in [7, 11) is 0. The molecule has 2 heterocycles. The molecule has 0 unspecified atom stereocenters. The number of hydrogen-bond donors (Lipinski definition) is 2. The molecule has 10 heteroatoms. The molecule has 1 saturated heterocycles. The first kappa shape index (κ1) is 28.2. The SMILES string of the molecule is Cc1nc(N2CCC3(CC2)Cc2ccccc2[C@H]3N[S@+]([O-])C(C)(C)C)c(C(N)=O)nc1-c1cccc(Cl)c1Cl. The van der Waals surface area contributed by atoms with E-state index in [1.54, 1.807) is 18.2 Å². The molecule has 1 spiro atoms. The summed E-state index contributed by atoms with van der Waals surface area (Å²) in [6, 6.07) is 13.7. The normalized spacial score (nSPS) is 19.3. The summed E-state index contributed by atoms with van der Waals surface area (Å²) in [5.74, 6) is -0.166. The van der Waals surface area contributed by atoms with Gasteiger partial charge >= 0.3 is 0 Å². The van der Waals surface area contributed by atoms with Gasteiger partial charge in [0.2, 0.25) is 0 Å². The van der Waals surface area contributed by atoms with Gasteiger partial charge in [0, 0.05) is 35.4 Å². The number of amides is 1. The van der Waals surface area contributed by atoms with Gasteiger partial charge in [-0.15, -0.1) is 4.72 Å². The van der Waals surface area contributed by atoms with Crippen LogP contribution in [-0.4, -0.2) is 38.3 Å². The molecular weight excluding hydrogens is 553 g/mol. The van der Waals surface area contributed by atoms with E-state index in [4.69, 9.17) is 33.9 Å². The first-order chi connectivity index (χ1) is 18.4. The number of halogens is 2. The molecule has 0 saturated carbocycles. The number of aryl methyl sites for hydroxylation is 1. The smallest absolute Gasteiger partial charge is 0.271 e. The van der Waals surface area contributed by atoms with Crippen molar-refractivity contribution in [3.05, 3.63) is 75.0 Å². The predicted molar refractivity (Wildman–Crippen MR) is 159 cm³/mol. The van der Waals surface area contributed by atoms with Gasteiger partial charge < -0.3 is 15.2 Å². The zero-order chi connectivity index (χ0) is 28.1. The van der Waals surface area contributed by atoms with Gasteiger partial charge in [-0.2, -0.15) is 0 Å². The second-order valence-corrected chi connectivity index (χ2v) is 14.2. The van der Waals surface area contributed by atoms with Crippen molar-refractivity contribution in [3.63, 3.8) is 0 Å². The number of carbonyl (C=O) groups is 1. The standard InChI is InChI=1S/C29H33Cl2N5O2S/c1-17-23(20-10-7-11-21(30)22(20)31)34-24(26(32)37)27(33-17)36-14-12-29(13-15-36)16-18-8-5-6-9-19(18)25(29)35-39(38)28(2,3)4/h5-11,25,35H,12-16H2,1-4H3,(H2,32,37)/t25-,39-/m1/s1.